The predicted octanol–water partition coefficient (Wildman–Crippen LogP) is 14.5. The van der Waals surface area contributed by atoms with Gasteiger partial charge in [0.1, 0.15) is 5.52 Å². The molecule has 9 aromatic carbocycles. The lowest BCUT2D eigenvalue weighted by Gasteiger charge is -2.28. The molecule has 0 aliphatic heterocycles. The molecule has 0 saturated heterocycles. The Bertz CT molecular complexity index is 3160. The standard InChI is InChI=1S/C49H30N2OS/c1-3-11-31(12-4-1)32-19-23-36(24-20-32)51(37-25-28-45-41(30-37)39-17-9-10-18-44(39)53-45)43-29-35-15-7-8-16-38(35)47-40(43)26-21-33-22-27-42-48(46(33)47)52-49(50-42)34-13-5-2-6-14-34/h1-30H. The maximum absolute atomic E-state index is 6.71. The molecule has 0 atom stereocenters. The highest BCUT2D eigenvalue weighted by molar-refractivity contribution is 7.25. The summed E-state index contributed by atoms with van der Waals surface area (Å²) in [4.78, 5) is 7.41. The SMILES string of the molecule is c1ccc(-c2ccc(N(c3ccc4sc5ccccc5c4c3)c3cc4ccccc4c4c3ccc3ccc5nc(-c6ccccc6)oc5c34)cc2)cc1. The van der Waals surface area contributed by atoms with E-state index < -0.39 is 0 Å². The van der Waals surface area contributed by atoms with Crippen molar-refractivity contribution in [2.45, 2.75) is 0 Å². The fourth-order valence-electron chi connectivity index (χ4n) is 7.97. The summed E-state index contributed by atoms with van der Waals surface area (Å²) in [6, 6.07) is 65.2. The summed E-state index contributed by atoms with van der Waals surface area (Å²) in [5.74, 6) is 0.627. The van der Waals surface area contributed by atoms with Gasteiger partial charge in [0.15, 0.2) is 5.58 Å². The lowest BCUT2D eigenvalue weighted by atomic mass is 9.93. The number of anilines is 3. The highest BCUT2D eigenvalue weighted by Crippen LogP contribution is 2.47. The minimum absolute atomic E-state index is 0.627. The smallest absolute Gasteiger partial charge is 0.227 e. The highest BCUT2D eigenvalue weighted by Gasteiger charge is 2.22. The number of hydrogen-bond acceptors (Lipinski definition) is 4. The summed E-state index contributed by atoms with van der Waals surface area (Å²) in [5, 5.41) is 9.38. The number of fused-ring (bicyclic) bond motifs is 10. The molecule has 0 spiro atoms. The summed E-state index contributed by atoms with van der Waals surface area (Å²) in [5.41, 5.74) is 8.30. The molecule has 0 bridgehead atoms. The number of oxazole rings is 1. The van der Waals surface area contributed by atoms with E-state index in [2.05, 4.69) is 157 Å². The minimum atomic E-state index is 0.627. The third kappa shape index (κ3) is 4.84. The van der Waals surface area contributed by atoms with Crippen LogP contribution in [-0.2, 0) is 0 Å². The Morgan fingerprint density at radius 2 is 1.09 bits per heavy atom. The van der Waals surface area contributed by atoms with E-state index in [9.17, 15) is 0 Å². The summed E-state index contributed by atoms with van der Waals surface area (Å²) in [6.45, 7) is 0. The second kappa shape index (κ2) is 11.9. The van der Waals surface area contributed by atoms with Crippen molar-refractivity contribution in [1.82, 2.24) is 4.98 Å². The van der Waals surface area contributed by atoms with Crippen LogP contribution in [0.3, 0.4) is 0 Å². The monoisotopic (exact) mass is 694 g/mol. The van der Waals surface area contributed by atoms with Gasteiger partial charge in [0.25, 0.3) is 0 Å². The van der Waals surface area contributed by atoms with Crippen molar-refractivity contribution >= 4 is 92.0 Å². The zero-order chi connectivity index (χ0) is 34.9. The molecule has 0 saturated carbocycles. The number of benzene rings is 9. The van der Waals surface area contributed by atoms with Crippen LogP contribution < -0.4 is 4.90 Å². The Morgan fingerprint density at radius 3 is 1.92 bits per heavy atom. The fraction of sp³-hybridized carbons (Fsp3) is 0. The Morgan fingerprint density at radius 1 is 0.434 bits per heavy atom. The average Bonchev–Trinajstić information content (AvgIpc) is 3.84. The Kier molecular flexibility index (Phi) is 6.73. The van der Waals surface area contributed by atoms with Gasteiger partial charge in [0.05, 0.1) is 5.69 Å². The first-order chi connectivity index (χ1) is 26.3. The quantitative estimate of drug-likeness (QED) is 0.168. The molecule has 3 nitrogen and oxygen atoms in total. The van der Waals surface area contributed by atoms with E-state index >= 15 is 0 Å². The van der Waals surface area contributed by atoms with Crippen LogP contribution in [0.25, 0.3) is 86.2 Å². The van der Waals surface area contributed by atoms with Gasteiger partial charge in [0, 0.05) is 53.3 Å². The summed E-state index contributed by atoms with van der Waals surface area (Å²) < 4.78 is 9.29. The van der Waals surface area contributed by atoms with Crippen molar-refractivity contribution in [2.75, 3.05) is 4.90 Å². The molecule has 11 aromatic rings. The topological polar surface area (TPSA) is 29.3 Å². The molecule has 4 heteroatoms. The third-order valence-electron chi connectivity index (χ3n) is 10.4. The first-order valence-corrected chi connectivity index (χ1v) is 18.7. The van der Waals surface area contributed by atoms with Gasteiger partial charge in [-0.25, -0.2) is 4.98 Å². The third-order valence-corrected chi connectivity index (χ3v) is 11.6. The molecular weight excluding hydrogens is 665 g/mol. The Balaban J connectivity index is 1.22. The Labute approximate surface area is 309 Å². The molecule has 0 radical (unpaired) electrons. The van der Waals surface area contributed by atoms with Gasteiger partial charge in [-0.05, 0) is 87.9 Å². The van der Waals surface area contributed by atoms with E-state index in [1.807, 2.05) is 41.7 Å². The molecule has 0 fully saturated rings. The molecule has 0 aliphatic rings. The molecule has 0 aliphatic carbocycles. The minimum Gasteiger partial charge on any atom is -0.435 e. The Hall–Kier alpha value is -6.75. The lowest BCUT2D eigenvalue weighted by molar-refractivity contribution is 0.623. The normalized spacial score (nSPS) is 11.8. The first kappa shape index (κ1) is 29.9. The van der Waals surface area contributed by atoms with Crippen LogP contribution >= 0.6 is 11.3 Å². The van der Waals surface area contributed by atoms with E-state index in [-0.39, 0.29) is 0 Å². The van der Waals surface area contributed by atoms with Gasteiger partial charge in [-0.1, -0.05) is 121 Å². The first-order valence-electron chi connectivity index (χ1n) is 17.9. The molecule has 0 N–H and O–H groups in total. The largest absolute Gasteiger partial charge is 0.435 e. The van der Waals surface area contributed by atoms with E-state index in [1.54, 1.807) is 0 Å². The van der Waals surface area contributed by atoms with Crippen LogP contribution in [0.2, 0.25) is 0 Å². The van der Waals surface area contributed by atoms with Crippen LogP contribution in [0.5, 0.6) is 0 Å². The molecule has 0 amide bonds. The zero-order valence-electron chi connectivity index (χ0n) is 28.5. The number of rotatable bonds is 5. The lowest BCUT2D eigenvalue weighted by Crippen LogP contribution is -2.10. The fourth-order valence-corrected chi connectivity index (χ4v) is 9.05. The van der Waals surface area contributed by atoms with E-state index in [1.165, 1.54) is 36.7 Å². The van der Waals surface area contributed by atoms with Gasteiger partial charge >= 0.3 is 0 Å². The van der Waals surface area contributed by atoms with Crippen molar-refractivity contribution in [2.24, 2.45) is 0 Å². The van der Waals surface area contributed by atoms with E-state index in [0.717, 1.165) is 60.7 Å². The molecule has 2 aromatic heterocycles. The van der Waals surface area contributed by atoms with Crippen LogP contribution in [-0.4, -0.2) is 4.98 Å². The molecule has 53 heavy (non-hydrogen) atoms. The van der Waals surface area contributed by atoms with Gasteiger partial charge in [-0.15, -0.1) is 11.3 Å². The maximum atomic E-state index is 6.71. The van der Waals surface area contributed by atoms with Crippen molar-refractivity contribution in [3.63, 3.8) is 0 Å². The number of hydrogen-bond donors (Lipinski definition) is 0. The van der Waals surface area contributed by atoms with E-state index in [0.29, 0.717) is 5.89 Å². The molecular formula is C49H30N2OS. The second-order valence-corrected chi connectivity index (χ2v) is 14.6. The van der Waals surface area contributed by atoms with E-state index in [4.69, 9.17) is 9.40 Å². The summed E-state index contributed by atoms with van der Waals surface area (Å²) in [6.07, 6.45) is 0. The van der Waals surface area contributed by atoms with Gasteiger partial charge in [-0.2, -0.15) is 0 Å². The van der Waals surface area contributed by atoms with Crippen LogP contribution in [0.1, 0.15) is 0 Å². The second-order valence-electron chi connectivity index (χ2n) is 13.5. The van der Waals surface area contributed by atoms with Crippen molar-refractivity contribution in [3.05, 3.63) is 182 Å². The molecule has 0 unspecified atom stereocenters. The van der Waals surface area contributed by atoms with Crippen LogP contribution in [0.15, 0.2) is 186 Å². The number of nitrogens with zero attached hydrogens (tertiary/aromatic N) is 2. The predicted molar refractivity (Wildman–Crippen MR) is 225 cm³/mol. The van der Waals surface area contributed by atoms with Crippen molar-refractivity contribution < 1.29 is 4.42 Å². The number of thiophene rings is 1. The van der Waals surface area contributed by atoms with Crippen LogP contribution in [0, 0.1) is 0 Å². The molecule has 248 valence electrons. The number of aromatic nitrogens is 1. The van der Waals surface area contributed by atoms with Gasteiger partial charge in [-0.3, -0.25) is 0 Å². The summed E-state index contributed by atoms with van der Waals surface area (Å²) in [7, 11) is 0. The highest BCUT2D eigenvalue weighted by atomic mass is 32.1. The molecule has 2 heterocycles. The average molecular weight is 695 g/mol. The van der Waals surface area contributed by atoms with Gasteiger partial charge < -0.3 is 9.32 Å². The van der Waals surface area contributed by atoms with Gasteiger partial charge in [0.2, 0.25) is 5.89 Å². The van der Waals surface area contributed by atoms with Crippen molar-refractivity contribution in [1.29, 1.82) is 0 Å². The molecule has 11 rings (SSSR count). The zero-order valence-corrected chi connectivity index (χ0v) is 29.3. The maximum Gasteiger partial charge on any atom is 0.227 e. The van der Waals surface area contributed by atoms with Crippen molar-refractivity contribution in [3.8, 4) is 22.6 Å². The summed E-state index contributed by atoms with van der Waals surface area (Å²) >= 11 is 1.85. The van der Waals surface area contributed by atoms with Crippen LogP contribution in [0.4, 0.5) is 17.1 Å².